The number of nitrogens with one attached hydrogen (secondary N) is 2. The molecule has 0 spiro atoms. The van der Waals surface area contributed by atoms with Crippen LogP contribution < -0.4 is 10.6 Å². The fourth-order valence-corrected chi connectivity index (χ4v) is 2.82. The maximum Gasteiger partial charge on any atom is 0.253 e. The summed E-state index contributed by atoms with van der Waals surface area (Å²) in [6.07, 6.45) is 0. The first kappa shape index (κ1) is 18.8. The van der Waals surface area contributed by atoms with Crippen molar-refractivity contribution in [2.45, 2.75) is 13.0 Å². The van der Waals surface area contributed by atoms with Gasteiger partial charge < -0.3 is 10.6 Å². The molecule has 126 valence electrons. The minimum absolute atomic E-state index is 0.140. The Morgan fingerprint density at radius 2 is 1.79 bits per heavy atom. The molecule has 0 aliphatic heterocycles. The van der Waals surface area contributed by atoms with Crippen LogP contribution in [0, 0.1) is 0 Å². The first-order chi connectivity index (χ1) is 11.4. The number of hydrogen-bond donors (Lipinski definition) is 2. The number of hydrogen-bond acceptors (Lipinski definition) is 2. The summed E-state index contributed by atoms with van der Waals surface area (Å²) in [4.78, 5) is 24.0. The van der Waals surface area contributed by atoms with Crippen LogP contribution in [0.15, 0.2) is 46.9 Å². The Morgan fingerprint density at radius 3 is 2.42 bits per heavy atom. The molecule has 2 aromatic rings. The van der Waals surface area contributed by atoms with E-state index in [2.05, 4.69) is 26.6 Å². The summed E-state index contributed by atoms with van der Waals surface area (Å²) in [5.74, 6) is -0.716. The molecule has 2 rings (SSSR count). The quantitative estimate of drug-likeness (QED) is 0.741. The molecule has 2 N–H and O–H groups in total. The van der Waals surface area contributed by atoms with Gasteiger partial charge in [-0.3, -0.25) is 9.59 Å². The Labute approximate surface area is 158 Å². The zero-order chi connectivity index (χ0) is 17.7. The molecule has 1 atom stereocenters. The summed E-state index contributed by atoms with van der Waals surface area (Å²) in [5.41, 5.74) is 1.24. The minimum atomic E-state index is -0.428. The molecule has 0 fully saturated rings. The summed E-state index contributed by atoms with van der Waals surface area (Å²) >= 11 is 15.1. The smallest absolute Gasteiger partial charge is 0.253 e. The van der Waals surface area contributed by atoms with Gasteiger partial charge in [0, 0.05) is 9.50 Å². The molecule has 0 saturated carbocycles. The zero-order valence-electron chi connectivity index (χ0n) is 12.8. The number of carbonyl (C=O) groups is 2. The van der Waals surface area contributed by atoms with Crippen LogP contribution in [0.2, 0.25) is 10.0 Å². The van der Waals surface area contributed by atoms with E-state index >= 15 is 0 Å². The van der Waals surface area contributed by atoms with E-state index in [0.717, 1.165) is 10.0 Å². The van der Waals surface area contributed by atoms with Gasteiger partial charge in [0.05, 0.1) is 23.2 Å². The van der Waals surface area contributed by atoms with Crippen molar-refractivity contribution in [3.63, 3.8) is 0 Å². The van der Waals surface area contributed by atoms with Crippen molar-refractivity contribution in [3.8, 4) is 0 Å². The van der Waals surface area contributed by atoms with Crippen LogP contribution in [-0.4, -0.2) is 18.4 Å². The molecule has 2 amide bonds. The van der Waals surface area contributed by atoms with Crippen molar-refractivity contribution < 1.29 is 9.59 Å². The average molecular weight is 430 g/mol. The van der Waals surface area contributed by atoms with E-state index in [1.807, 2.05) is 31.2 Å². The number of amides is 2. The molecule has 4 nitrogen and oxygen atoms in total. The molecule has 2 aromatic carbocycles. The van der Waals surface area contributed by atoms with E-state index in [-0.39, 0.29) is 29.1 Å². The summed E-state index contributed by atoms with van der Waals surface area (Å²) in [6.45, 7) is 1.73. The van der Waals surface area contributed by atoms with Crippen LogP contribution in [0.5, 0.6) is 0 Å². The summed E-state index contributed by atoms with van der Waals surface area (Å²) in [5, 5.41) is 6.04. The number of halogens is 3. The van der Waals surface area contributed by atoms with Gasteiger partial charge in [-0.05, 0) is 42.8 Å². The third kappa shape index (κ3) is 5.23. The first-order valence-electron chi connectivity index (χ1n) is 7.15. The molecule has 7 heteroatoms. The van der Waals surface area contributed by atoms with E-state index in [1.54, 1.807) is 6.07 Å². The topological polar surface area (TPSA) is 58.2 Å². The van der Waals surface area contributed by atoms with Gasteiger partial charge in [-0.25, -0.2) is 0 Å². The lowest BCUT2D eigenvalue weighted by molar-refractivity contribution is -0.120. The van der Waals surface area contributed by atoms with Crippen molar-refractivity contribution in [2.24, 2.45) is 0 Å². The fraction of sp³-hybridized carbons (Fsp3) is 0.176. The molecule has 0 aliphatic rings. The second-order valence-electron chi connectivity index (χ2n) is 5.15. The Hall–Kier alpha value is -1.56. The number of carbonyl (C=O) groups excluding carboxylic acids is 2. The molecule has 24 heavy (non-hydrogen) atoms. The Morgan fingerprint density at radius 1 is 1.12 bits per heavy atom. The lowest BCUT2D eigenvalue weighted by Crippen LogP contribution is -2.38. The predicted molar refractivity (Wildman–Crippen MR) is 99.5 cm³/mol. The minimum Gasteiger partial charge on any atom is -0.348 e. The van der Waals surface area contributed by atoms with E-state index in [0.29, 0.717) is 5.02 Å². The SMILES string of the molecule is CC(NC(=O)CNC(=O)c1ccc(Cl)cc1Cl)c1ccc(Br)cc1. The van der Waals surface area contributed by atoms with Gasteiger partial charge in [-0.15, -0.1) is 0 Å². The van der Waals surface area contributed by atoms with E-state index < -0.39 is 5.91 Å². The molecule has 0 saturated heterocycles. The average Bonchev–Trinajstić information content (AvgIpc) is 2.53. The van der Waals surface area contributed by atoms with Gasteiger partial charge in [-0.1, -0.05) is 51.3 Å². The van der Waals surface area contributed by atoms with Crippen molar-refractivity contribution in [1.82, 2.24) is 10.6 Å². The van der Waals surface area contributed by atoms with E-state index in [4.69, 9.17) is 23.2 Å². The predicted octanol–water partition coefficient (Wildman–Crippen LogP) is 4.36. The number of rotatable bonds is 5. The highest BCUT2D eigenvalue weighted by atomic mass is 79.9. The second-order valence-corrected chi connectivity index (χ2v) is 6.91. The van der Waals surface area contributed by atoms with Gasteiger partial charge in [0.25, 0.3) is 5.91 Å². The number of benzene rings is 2. The van der Waals surface area contributed by atoms with Crippen molar-refractivity contribution in [3.05, 3.63) is 68.1 Å². The maximum atomic E-state index is 12.1. The van der Waals surface area contributed by atoms with Gasteiger partial charge in [-0.2, -0.15) is 0 Å². The normalized spacial score (nSPS) is 11.7. The van der Waals surface area contributed by atoms with E-state index in [9.17, 15) is 9.59 Å². The summed E-state index contributed by atoms with van der Waals surface area (Å²) in [6, 6.07) is 12.0. The van der Waals surface area contributed by atoms with Crippen molar-refractivity contribution in [1.29, 1.82) is 0 Å². The van der Waals surface area contributed by atoms with Gasteiger partial charge >= 0.3 is 0 Å². The molecule has 0 heterocycles. The maximum absolute atomic E-state index is 12.1. The monoisotopic (exact) mass is 428 g/mol. The van der Waals surface area contributed by atoms with Gasteiger partial charge in [0.1, 0.15) is 0 Å². The Balaban J connectivity index is 1.88. The van der Waals surface area contributed by atoms with Gasteiger partial charge in [0.15, 0.2) is 0 Å². The molecular formula is C17H15BrCl2N2O2. The standard InChI is InChI=1S/C17H15BrCl2N2O2/c1-10(11-2-4-12(18)5-3-11)22-16(23)9-21-17(24)14-7-6-13(19)8-15(14)20/h2-8,10H,9H2,1H3,(H,21,24)(H,22,23). The molecule has 0 radical (unpaired) electrons. The molecule has 0 aliphatic carbocycles. The van der Waals surface area contributed by atoms with Crippen LogP contribution in [0.1, 0.15) is 28.9 Å². The first-order valence-corrected chi connectivity index (χ1v) is 8.70. The van der Waals surface area contributed by atoms with Crippen LogP contribution in [0.4, 0.5) is 0 Å². The van der Waals surface area contributed by atoms with Gasteiger partial charge in [0.2, 0.25) is 5.91 Å². The largest absolute Gasteiger partial charge is 0.348 e. The van der Waals surface area contributed by atoms with E-state index in [1.165, 1.54) is 12.1 Å². The lowest BCUT2D eigenvalue weighted by Gasteiger charge is -2.15. The van der Waals surface area contributed by atoms with Crippen LogP contribution in [0.3, 0.4) is 0 Å². The highest BCUT2D eigenvalue weighted by Crippen LogP contribution is 2.20. The fourth-order valence-electron chi connectivity index (χ4n) is 2.06. The molecule has 1 unspecified atom stereocenters. The second kappa shape index (κ2) is 8.51. The van der Waals surface area contributed by atoms with Crippen LogP contribution in [0.25, 0.3) is 0 Å². The highest BCUT2D eigenvalue weighted by Gasteiger charge is 2.14. The third-order valence-electron chi connectivity index (χ3n) is 3.33. The zero-order valence-corrected chi connectivity index (χ0v) is 15.9. The lowest BCUT2D eigenvalue weighted by atomic mass is 10.1. The molecular weight excluding hydrogens is 415 g/mol. The Bertz CT molecular complexity index is 751. The Kier molecular flexibility index (Phi) is 6.66. The van der Waals surface area contributed by atoms with Crippen LogP contribution >= 0.6 is 39.1 Å². The van der Waals surface area contributed by atoms with Crippen molar-refractivity contribution in [2.75, 3.05) is 6.54 Å². The summed E-state index contributed by atoms with van der Waals surface area (Å²) < 4.78 is 0.969. The molecule has 0 aromatic heterocycles. The summed E-state index contributed by atoms with van der Waals surface area (Å²) in [7, 11) is 0. The molecule has 0 bridgehead atoms. The highest BCUT2D eigenvalue weighted by molar-refractivity contribution is 9.10. The van der Waals surface area contributed by atoms with Crippen LogP contribution in [-0.2, 0) is 4.79 Å². The third-order valence-corrected chi connectivity index (χ3v) is 4.41. The van der Waals surface area contributed by atoms with Crippen molar-refractivity contribution >= 4 is 50.9 Å².